The van der Waals surface area contributed by atoms with Crippen molar-refractivity contribution in [3.8, 4) is 0 Å². The van der Waals surface area contributed by atoms with Crippen LogP contribution in [0.2, 0.25) is 0 Å². The van der Waals surface area contributed by atoms with E-state index in [2.05, 4.69) is 4.74 Å². The van der Waals surface area contributed by atoms with Crippen LogP contribution in [0, 0.1) is 0 Å². The van der Waals surface area contributed by atoms with Crippen molar-refractivity contribution in [3.05, 3.63) is 29.3 Å². The lowest BCUT2D eigenvalue weighted by Gasteiger charge is -2.11. The van der Waals surface area contributed by atoms with E-state index in [0.29, 0.717) is 0 Å². The van der Waals surface area contributed by atoms with Crippen molar-refractivity contribution in [2.75, 3.05) is 12.5 Å². The standard InChI is InChI=1S/C9H9F3N2O2/c1-16-8(15)6-3-2-5(9(10,11)12)4-7(6)14-13/h2-4,14H,13H2,1H3. The highest BCUT2D eigenvalue weighted by molar-refractivity contribution is 5.95. The Labute approximate surface area is 89.2 Å². The van der Waals surface area contributed by atoms with Crippen LogP contribution >= 0.6 is 0 Å². The summed E-state index contributed by atoms with van der Waals surface area (Å²) in [6.07, 6.45) is -4.49. The lowest BCUT2D eigenvalue weighted by molar-refractivity contribution is -0.137. The minimum atomic E-state index is -4.49. The number of carbonyl (C=O) groups excluding carboxylic acids is 1. The van der Waals surface area contributed by atoms with Gasteiger partial charge in [-0.15, -0.1) is 0 Å². The fraction of sp³-hybridized carbons (Fsp3) is 0.222. The molecule has 0 bridgehead atoms. The summed E-state index contributed by atoms with van der Waals surface area (Å²) in [5.74, 6) is 4.27. The molecule has 0 radical (unpaired) electrons. The Morgan fingerprint density at radius 1 is 1.44 bits per heavy atom. The number of carbonyl (C=O) groups is 1. The molecule has 1 rings (SSSR count). The molecule has 0 heterocycles. The van der Waals surface area contributed by atoms with E-state index >= 15 is 0 Å². The van der Waals surface area contributed by atoms with Crippen LogP contribution in [0.15, 0.2) is 18.2 Å². The number of ether oxygens (including phenoxy) is 1. The van der Waals surface area contributed by atoms with Crippen molar-refractivity contribution in [3.63, 3.8) is 0 Å². The fourth-order valence-corrected chi connectivity index (χ4v) is 1.13. The van der Waals surface area contributed by atoms with Gasteiger partial charge >= 0.3 is 12.1 Å². The van der Waals surface area contributed by atoms with E-state index in [0.717, 1.165) is 25.3 Å². The van der Waals surface area contributed by atoms with Gasteiger partial charge in [-0.3, -0.25) is 5.84 Å². The zero-order chi connectivity index (χ0) is 12.3. The number of methoxy groups -OCH3 is 1. The van der Waals surface area contributed by atoms with Crippen LogP contribution < -0.4 is 11.3 Å². The number of hydrazine groups is 1. The maximum absolute atomic E-state index is 12.3. The topological polar surface area (TPSA) is 64.3 Å². The third-order valence-corrected chi connectivity index (χ3v) is 1.91. The number of anilines is 1. The van der Waals surface area contributed by atoms with E-state index in [1.807, 2.05) is 5.43 Å². The van der Waals surface area contributed by atoms with E-state index in [-0.39, 0.29) is 11.3 Å². The predicted molar refractivity (Wildman–Crippen MR) is 50.6 cm³/mol. The first-order valence-corrected chi connectivity index (χ1v) is 4.16. The van der Waals surface area contributed by atoms with Gasteiger partial charge in [-0.25, -0.2) is 4.79 Å². The highest BCUT2D eigenvalue weighted by Gasteiger charge is 2.31. The molecular formula is C9H9F3N2O2. The lowest BCUT2D eigenvalue weighted by atomic mass is 10.1. The van der Waals surface area contributed by atoms with Crippen molar-refractivity contribution in [2.24, 2.45) is 5.84 Å². The summed E-state index contributed by atoms with van der Waals surface area (Å²) >= 11 is 0. The van der Waals surface area contributed by atoms with E-state index in [9.17, 15) is 18.0 Å². The summed E-state index contributed by atoms with van der Waals surface area (Å²) in [6, 6.07) is 2.53. The first-order chi connectivity index (χ1) is 7.40. The van der Waals surface area contributed by atoms with Gasteiger partial charge in [0.15, 0.2) is 0 Å². The van der Waals surface area contributed by atoms with Gasteiger partial charge in [0.05, 0.1) is 23.9 Å². The summed E-state index contributed by atoms with van der Waals surface area (Å²) in [7, 11) is 1.13. The second-order valence-electron chi connectivity index (χ2n) is 2.89. The quantitative estimate of drug-likeness (QED) is 0.465. The van der Waals surface area contributed by atoms with Crippen molar-refractivity contribution >= 4 is 11.7 Å². The predicted octanol–water partition coefficient (Wildman–Crippen LogP) is 1.78. The molecule has 1 aromatic carbocycles. The Bertz CT molecular complexity index is 404. The van der Waals surface area contributed by atoms with Crippen LogP contribution in [0.25, 0.3) is 0 Å². The minimum absolute atomic E-state index is 0.0574. The molecule has 3 N–H and O–H groups in total. The maximum Gasteiger partial charge on any atom is 0.416 e. The molecule has 0 aliphatic rings. The van der Waals surface area contributed by atoms with E-state index in [4.69, 9.17) is 5.84 Å². The second-order valence-corrected chi connectivity index (χ2v) is 2.89. The molecule has 1 aromatic rings. The van der Waals surface area contributed by atoms with Gasteiger partial charge in [-0.1, -0.05) is 0 Å². The van der Waals surface area contributed by atoms with Crippen LogP contribution in [0.3, 0.4) is 0 Å². The summed E-state index contributed by atoms with van der Waals surface area (Å²) in [4.78, 5) is 11.2. The number of nitrogens with one attached hydrogen (secondary N) is 1. The Kier molecular flexibility index (Phi) is 3.38. The summed E-state index contributed by atoms with van der Waals surface area (Å²) in [5.41, 5.74) is 0.932. The number of halogens is 3. The summed E-state index contributed by atoms with van der Waals surface area (Å²) in [6.45, 7) is 0. The van der Waals surface area contributed by atoms with Gasteiger partial charge in [0, 0.05) is 0 Å². The second kappa shape index (κ2) is 4.40. The van der Waals surface area contributed by atoms with E-state index in [1.165, 1.54) is 0 Å². The average molecular weight is 234 g/mol. The molecule has 0 unspecified atom stereocenters. The normalized spacial score (nSPS) is 11.1. The van der Waals surface area contributed by atoms with Crippen LogP contribution in [0.1, 0.15) is 15.9 Å². The number of nitrogens with two attached hydrogens (primary N) is 1. The largest absolute Gasteiger partial charge is 0.465 e. The molecule has 7 heteroatoms. The average Bonchev–Trinajstić information content (AvgIpc) is 2.26. The summed E-state index contributed by atoms with van der Waals surface area (Å²) in [5, 5.41) is 0. The minimum Gasteiger partial charge on any atom is -0.465 e. The molecule has 4 nitrogen and oxygen atoms in total. The van der Waals surface area contributed by atoms with Crippen molar-refractivity contribution < 1.29 is 22.7 Å². The number of esters is 1. The Morgan fingerprint density at radius 2 is 2.06 bits per heavy atom. The number of hydrogen-bond donors (Lipinski definition) is 2. The molecule has 0 aliphatic carbocycles. The number of benzene rings is 1. The van der Waals surface area contributed by atoms with Gasteiger partial charge < -0.3 is 10.2 Å². The fourth-order valence-electron chi connectivity index (χ4n) is 1.13. The number of nitrogen functional groups attached to an aromatic ring is 1. The maximum atomic E-state index is 12.3. The lowest BCUT2D eigenvalue weighted by Crippen LogP contribution is -2.15. The molecule has 88 valence electrons. The van der Waals surface area contributed by atoms with Gasteiger partial charge in [0.25, 0.3) is 0 Å². The molecule has 0 amide bonds. The Hall–Kier alpha value is -1.76. The first kappa shape index (κ1) is 12.3. The molecule has 0 fully saturated rings. The van der Waals surface area contributed by atoms with Gasteiger partial charge in [0.1, 0.15) is 0 Å². The van der Waals surface area contributed by atoms with Crippen molar-refractivity contribution in [1.82, 2.24) is 0 Å². The van der Waals surface area contributed by atoms with Crippen LogP contribution in [0.5, 0.6) is 0 Å². The monoisotopic (exact) mass is 234 g/mol. The smallest absolute Gasteiger partial charge is 0.416 e. The SMILES string of the molecule is COC(=O)c1ccc(C(F)(F)F)cc1NN. The number of alkyl halides is 3. The molecule has 0 spiro atoms. The van der Waals surface area contributed by atoms with Crippen LogP contribution in [0.4, 0.5) is 18.9 Å². The molecule has 0 saturated carbocycles. The van der Waals surface area contributed by atoms with Crippen molar-refractivity contribution in [2.45, 2.75) is 6.18 Å². The molecule has 0 saturated heterocycles. The molecule has 0 aliphatic heterocycles. The molecule has 0 atom stereocenters. The number of rotatable bonds is 2. The van der Waals surface area contributed by atoms with E-state index in [1.54, 1.807) is 0 Å². The van der Waals surface area contributed by atoms with Crippen molar-refractivity contribution in [1.29, 1.82) is 0 Å². The molecular weight excluding hydrogens is 225 g/mol. The highest BCUT2D eigenvalue weighted by Crippen LogP contribution is 2.32. The van der Waals surface area contributed by atoms with Gasteiger partial charge in [-0.2, -0.15) is 13.2 Å². The summed E-state index contributed by atoms with van der Waals surface area (Å²) < 4.78 is 41.4. The molecule has 16 heavy (non-hydrogen) atoms. The van der Waals surface area contributed by atoms with Crippen LogP contribution in [-0.2, 0) is 10.9 Å². The Balaban J connectivity index is 3.22. The third kappa shape index (κ3) is 2.43. The zero-order valence-corrected chi connectivity index (χ0v) is 8.26. The third-order valence-electron chi connectivity index (χ3n) is 1.91. The van der Waals surface area contributed by atoms with Gasteiger partial charge in [0.2, 0.25) is 0 Å². The zero-order valence-electron chi connectivity index (χ0n) is 8.26. The van der Waals surface area contributed by atoms with E-state index < -0.39 is 17.7 Å². The van der Waals surface area contributed by atoms with Gasteiger partial charge in [-0.05, 0) is 18.2 Å². The first-order valence-electron chi connectivity index (χ1n) is 4.16. The number of hydrogen-bond acceptors (Lipinski definition) is 4. The molecule has 0 aromatic heterocycles. The Morgan fingerprint density at radius 3 is 2.50 bits per heavy atom. The highest BCUT2D eigenvalue weighted by atomic mass is 19.4. The van der Waals surface area contributed by atoms with Crippen LogP contribution in [-0.4, -0.2) is 13.1 Å².